The van der Waals surface area contributed by atoms with Crippen molar-refractivity contribution >= 4 is 17.0 Å². The summed E-state index contributed by atoms with van der Waals surface area (Å²) in [5.74, 6) is 0.179. The number of aromatic hydroxyl groups is 1. The molecule has 3 aromatic heterocycles. The van der Waals surface area contributed by atoms with Crippen LogP contribution < -0.4 is 10.5 Å². The molecule has 1 aromatic carbocycles. The zero-order valence-electron chi connectivity index (χ0n) is 20.6. The van der Waals surface area contributed by atoms with E-state index in [-0.39, 0.29) is 17.8 Å². The maximum absolute atomic E-state index is 10.6. The van der Waals surface area contributed by atoms with E-state index in [1.54, 1.807) is 4.57 Å². The van der Waals surface area contributed by atoms with Gasteiger partial charge in [0.1, 0.15) is 0 Å². The SMILES string of the molecule is Nc1nc2nc3c1nc(O)n3Cc1ccc(-c3cnn(CCN4CCOCC4)c3)c(c1)C/C=C/CCO2. The number of hydrogen-bond acceptors (Lipinski definition) is 9. The Morgan fingerprint density at radius 2 is 1.92 bits per heavy atom. The third-order valence-corrected chi connectivity index (χ3v) is 6.80. The number of aromatic nitrogens is 6. The van der Waals surface area contributed by atoms with Gasteiger partial charge in [-0.1, -0.05) is 30.4 Å². The van der Waals surface area contributed by atoms with Crippen LogP contribution in [0.1, 0.15) is 17.5 Å². The normalized spacial score (nSPS) is 17.5. The molecule has 0 aliphatic carbocycles. The minimum absolute atomic E-state index is 0.160. The van der Waals surface area contributed by atoms with E-state index < -0.39 is 0 Å². The number of ether oxygens (including phenoxy) is 2. The van der Waals surface area contributed by atoms with Gasteiger partial charge in [-0.25, -0.2) is 0 Å². The number of morpholine rings is 1. The fourth-order valence-electron chi connectivity index (χ4n) is 4.82. The maximum Gasteiger partial charge on any atom is 0.320 e. The second-order valence-corrected chi connectivity index (χ2v) is 9.31. The molecule has 0 atom stereocenters. The highest BCUT2D eigenvalue weighted by atomic mass is 16.5. The first-order valence-electron chi connectivity index (χ1n) is 12.6. The van der Waals surface area contributed by atoms with E-state index >= 15 is 0 Å². The number of nitrogens with two attached hydrogens (primary N) is 1. The zero-order chi connectivity index (χ0) is 25.2. The Hall–Kier alpha value is -3.96. The van der Waals surface area contributed by atoms with Gasteiger partial charge < -0.3 is 20.3 Å². The molecule has 11 heteroatoms. The maximum atomic E-state index is 10.6. The van der Waals surface area contributed by atoms with E-state index in [0.29, 0.717) is 30.7 Å². The van der Waals surface area contributed by atoms with Crippen molar-refractivity contribution in [2.45, 2.75) is 25.9 Å². The Kier molecular flexibility index (Phi) is 6.46. The molecule has 5 heterocycles. The minimum Gasteiger partial charge on any atom is -0.480 e. The van der Waals surface area contributed by atoms with Crippen LogP contribution in [0.2, 0.25) is 0 Å². The van der Waals surface area contributed by atoms with Gasteiger partial charge in [-0.05, 0) is 29.5 Å². The van der Waals surface area contributed by atoms with E-state index in [2.05, 4.69) is 61.5 Å². The Morgan fingerprint density at radius 1 is 1.03 bits per heavy atom. The van der Waals surface area contributed by atoms with Gasteiger partial charge in [0.2, 0.25) is 0 Å². The molecule has 6 rings (SSSR count). The summed E-state index contributed by atoms with van der Waals surface area (Å²) >= 11 is 0. The minimum atomic E-state index is -0.160. The fraction of sp³-hybridized carbons (Fsp3) is 0.385. The van der Waals surface area contributed by atoms with Gasteiger partial charge in [-0.2, -0.15) is 20.1 Å². The molecular formula is C26H30N8O3. The first kappa shape index (κ1) is 23.4. The second-order valence-electron chi connectivity index (χ2n) is 9.31. The van der Waals surface area contributed by atoms with E-state index in [4.69, 9.17) is 15.2 Å². The van der Waals surface area contributed by atoms with Crippen molar-refractivity contribution in [1.29, 1.82) is 0 Å². The molecule has 3 N–H and O–H groups in total. The summed E-state index contributed by atoms with van der Waals surface area (Å²) in [5.41, 5.74) is 11.3. The summed E-state index contributed by atoms with van der Waals surface area (Å²) in [7, 11) is 0. The lowest BCUT2D eigenvalue weighted by molar-refractivity contribution is 0.0360. The third kappa shape index (κ3) is 5.00. The molecule has 2 aliphatic heterocycles. The molecule has 4 aromatic rings. The van der Waals surface area contributed by atoms with Gasteiger partial charge in [-0.3, -0.25) is 14.1 Å². The molecule has 0 amide bonds. The Balaban J connectivity index is 1.30. The van der Waals surface area contributed by atoms with Crippen molar-refractivity contribution in [2.75, 3.05) is 45.2 Å². The number of allylic oxidation sites excluding steroid dienone is 1. The smallest absolute Gasteiger partial charge is 0.320 e. The van der Waals surface area contributed by atoms with Crippen molar-refractivity contribution in [3.05, 3.63) is 53.9 Å². The van der Waals surface area contributed by atoms with Gasteiger partial charge in [0, 0.05) is 31.4 Å². The molecule has 1 fully saturated rings. The van der Waals surface area contributed by atoms with Crippen LogP contribution in [0, 0.1) is 0 Å². The van der Waals surface area contributed by atoms with Gasteiger partial charge >= 0.3 is 6.01 Å². The lowest BCUT2D eigenvalue weighted by Gasteiger charge is -2.26. The van der Waals surface area contributed by atoms with Gasteiger partial charge in [0.15, 0.2) is 17.0 Å². The second kappa shape index (κ2) is 10.2. The number of nitrogen functional groups attached to an aromatic ring is 1. The summed E-state index contributed by atoms with van der Waals surface area (Å²) in [5, 5.41) is 15.2. The van der Waals surface area contributed by atoms with Crippen molar-refractivity contribution in [1.82, 2.24) is 34.2 Å². The van der Waals surface area contributed by atoms with E-state index in [9.17, 15) is 5.11 Å². The number of fused-ring (bicyclic) bond motifs is 3. The molecule has 1 saturated heterocycles. The molecule has 2 aliphatic rings. The van der Waals surface area contributed by atoms with Crippen molar-refractivity contribution in [3.63, 3.8) is 0 Å². The van der Waals surface area contributed by atoms with E-state index in [1.807, 2.05) is 10.9 Å². The monoisotopic (exact) mass is 502 g/mol. The predicted octanol–water partition coefficient (Wildman–Crippen LogP) is 2.24. The first-order chi connectivity index (χ1) is 18.1. The molecule has 192 valence electrons. The quantitative estimate of drug-likeness (QED) is 0.404. The van der Waals surface area contributed by atoms with Crippen molar-refractivity contribution in [2.24, 2.45) is 0 Å². The largest absolute Gasteiger partial charge is 0.480 e. The van der Waals surface area contributed by atoms with Crippen LogP contribution in [0.4, 0.5) is 5.82 Å². The predicted molar refractivity (Wildman–Crippen MR) is 138 cm³/mol. The first-order valence-corrected chi connectivity index (χ1v) is 12.6. The number of hydrogen-bond donors (Lipinski definition) is 2. The van der Waals surface area contributed by atoms with E-state index in [1.165, 1.54) is 5.56 Å². The van der Waals surface area contributed by atoms with Crippen LogP contribution in [-0.2, 0) is 24.2 Å². The van der Waals surface area contributed by atoms with Gasteiger partial charge in [0.05, 0.1) is 39.1 Å². The lowest BCUT2D eigenvalue weighted by atomic mass is 9.97. The highest BCUT2D eigenvalue weighted by Crippen LogP contribution is 2.29. The summed E-state index contributed by atoms with van der Waals surface area (Å²) < 4.78 is 14.8. The van der Waals surface area contributed by atoms with Crippen LogP contribution in [0.25, 0.3) is 22.3 Å². The van der Waals surface area contributed by atoms with Crippen molar-refractivity contribution in [3.8, 4) is 23.1 Å². The number of imidazole rings is 1. The molecular weight excluding hydrogens is 472 g/mol. The number of nitrogens with zero attached hydrogens (tertiary/aromatic N) is 7. The number of anilines is 1. The van der Waals surface area contributed by atoms with Crippen LogP contribution in [-0.4, -0.2) is 78.8 Å². The Bertz CT molecular complexity index is 1440. The average molecular weight is 503 g/mol. The topological polar surface area (TPSA) is 129 Å². The highest BCUT2D eigenvalue weighted by Gasteiger charge is 2.18. The van der Waals surface area contributed by atoms with Crippen LogP contribution in [0.5, 0.6) is 12.0 Å². The number of rotatable bonds is 4. The Morgan fingerprint density at radius 3 is 2.81 bits per heavy atom. The van der Waals surface area contributed by atoms with Gasteiger partial charge in [-0.15, -0.1) is 0 Å². The van der Waals surface area contributed by atoms with Gasteiger partial charge in [0.25, 0.3) is 6.01 Å². The Labute approximate surface area is 214 Å². The summed E-state index contributed by atoms with van der Waals surface area (Å²) in [6, 6.07) is 6.38. The fourth-order valence-corrected chi connectivity index (χ4v) is 4.82. The average Bonchev–Trinajstić information content (AvgIpc) is 3.50. The van der Waals surface area contributed by atoms with E-state index in [0.717, 1.165) is 62.5 Å². The zero-order valence-corrected chi connectivity index (χ0v) is 20.6. The summed E-state index contributed by atoms with van der Waals surface area (Å²) in [6.45, 7) is 6.14. The summed E-state index contributed by atoms with van der Waals surface area (Å²) in [4.78, 5) is 15.2. The highest BCUT2D eigenvalue weighted by molar-refractivity contribution is 5.83. The van der Waals surface area contributed by atoms with Crippen LogP contribution >= 0.6 is 0 Å². The standard InChI is InChI=1S/C26H30N8O3/c27-23-22-24-31-25(30-23)37-11-3-1-2-4-19-14-18(16-34(24)26(35)29-22)5-6-21(19)20-15-28-33(17-20)8-7-32-9-12-36-13-10-32/h1-2,5-6,14-15,17H,3-4,7-13,16H2,(H,29,35)(H2,27,30,31)/b2-1+. The molecule has 0 unspecified atom stereocenters. The van der Waals surface area contributed by atoms with Crippen LogP contribution in [0.3, 0.4) is 0 Å². The van der Waals surface area contributed by atoms with Crippen LogP contribution in [0.15, 0.2) is 42.7 Å². The van der Waals surface area contributed by atoms with Crippen molar-refractivity contribution < 1.29 is 14.6 Å². The molecule has 4 bridgehead atoms. The molecule has 11 nitrogen and oxygen atoms in total. The molecule has 37 heavy (non-hydrogen) atoms. The summed E-state index contributed by atoms with van der Waals surface area (Å²) in [6.07, 6.45) is 9.78. The number of benzene rings is 1. The lowest BCUT2D eigenvalue weighted by Crippen LogP contribution is -2.38. The molecule has 0 saturated carbocycles. The third-order valence-electron chi connectivity index (χ3n) is 6.80. The molecule has 0 spiro atoms. The molecule has 0 radical (unpaired) electrons.